The van der Waals surface area contributed by atoms with E-state index in [1.165, 1.54) is 13.2 Å². The van der Waals surface area contributed by atoms with Gasteiger partial charge in [-0.2, -0.15) is 0 Å². The molecule has 0 unspecified atom stereocenters. The fraction of sp³-hybridized carbons (Fsp3) is 0.333. The zero-order valence-corrected chi connectivity index (χ0v) is 13.2. The molecular weight excluding hydrogens is 314 g/mol. The van der Waals surface area contributed by atoms with Gasteiger partial charge >= 0.3 is 0 Å². The van der Waals surface area contributed by atoms with Gasteiger partial charge in [-0.05, 0) is 37.1 Å². The molecule has 0 aliphatic heterocycles. The zero-order chi connectivity index (χ0) is 15.5. The number of nitrogens with zero attached hydrogens (tertiary/aromatic N) is 2. The zero-order valence-electron chi connectivity index (χ0n) is 11.5. The second-order valence-electron chi connectivity index (χ2n) is 4.18. The van der Waals surface area contributed by atoms with Crippen LogP contribution in [-0.4, -0.2) is 37.4 Å². The van der Waals surface area contributed by atoms with Crippen LogP contribution in [0.4, 0.5) is 5.13 Å². The van der Waals surface area contributed by atoms with E-state index >= 15 is 0 Å². The minimum Gasteiger partial charge on any atom is -0.497 e. The van der Waals surface area contributed by atoms with E-state index in [4.69, 9.17) is 9.84 Å². The van der Waals surface area contributed by atoms with Gasteiger partial charge < -0.3 is 9.84 Å². The maximum atomic E-state index is 12.4. The molecule has 21 heavy (non-hydrogen) atoms. The maximum Gasteiger partial charge on any atom is 0.263 e. The van der Waals surface area contributed by atoms with Gasteiger partial charge in [0.2, 0.25) is 5.13 Å². The van der Waals surface area contributed by atoms with Crippen molar-refractivity contribution >= 4 is 26.5 Å². The Morgan fingerprint density at radius 2 is 2.14 bits per heavy atom. The van der Waals surface area contributed by atoms with E-state index in [0.29, 0.717) is 16.3 Å². The molecule has 1 heterocycles. The SMILES string of the molecule is COc1ccc(S(=O)(=O)Nc2nnc(C)s2)c(CCO)c1. The molecule has 2 aromatic rings. The average molecular weight is 329 g/mol. The van der Waals surface area contributed by atoms with Crippen LogP contribution >= 0.6 is 11.3 Å². The van der Waals surface area contributed by atoms with Crippen LogP contribution in [0.5, 0.6) is 5.75 Å². The van der Waals surface area contributed by atoms with Gasteiger partial charge in [0.05, 0.1) is 12.0 Å². The molecule has 0 aliphatic carbocycles. The lowest BCUT2D eigenvalue weighted by atomic mass is 10.1. The van der Waals surface area contributed by atoms with Gasteiger partial charge in [-0.1, -0.05) is 11.3 Å². The Kier molecular flexibility index (Phi) is 4.76. The second kappa shape index (κ2) is 6.37. The predicted octanol–water partition coefficient (Wildman–Crippen LogP) is 1.19. The van der Waals surface area contributed by atoms with E-state index in [0.717, 1.165) is 11.3 Å². The number of hydrogen-bond donors (Lipinski definition) is 2. The maximum absolute atomic E-state index is 12.4. The highest BCUT2D eigenvalue weighted by Gasteiger charge is 2.20. The molecule has 0 saturated heterocycles. The van der Waals surface area contributed by atoms with Crippen molar-refractivity contribution in [3.05, 3.63) is 28.8 Å². The van der Waals surface area contributed by atoms with Gasteiger partial charge in [0, 0.05) is 6.61 Å². The first-order chi connectivity index (χ1) is 9.96. The van der Waals surface area contributed by atoms with Crippen LogP contribution in [0.1, 0.15) is 10.6 Å². The molecule has 0 saturated carbocycles. The van der Waals surface area contributed by atoms with Crippen LogP contribution in [0, 0.1) is 6.92 Å². The first-order valence-corrected chi connectivity index (χ1v) is 8.37. The third-order valence-corrected chi connectivity index (χ3v) is 5.01. The summed E-state index contributed by atoms with van der Waals surface area (Å²) in [5, 5.41) is 17.5. The number of anilines is 1. The van der Waals surface area contributed by atoms with Gasteiger partial charge in [-0.15, -0.1) is 10.2 Å². The predicted molar refractivity (Wildman–Crippen MR) is 79.2 cm³/mol. The molecule has 0 amide bonds. The van der Waals surface area contributed by atoms with Crippen LogP contribution in [-0.2, 0) is 16.4 Å². The lowest BCUT2D eigenvalue weighted by molar-refractivity contribution is 0.298. The summed E-state index contributed by atoms with van der Waals surface area (Å²) in [6.07, 6.45) is 0.211. The van der Waals surface area contributed by atoms with E-state index in [2.05, 4.69) is 14.9 Å². The van der Waals surface area contributed by atoms with Crippen LogP contribution in [0.2, 0.25) is 0 Å². The van der Waals surface area contributed by atoms with Gasteiger partial charge in [0.1, 0.15) is 10.8 Å². The summed E-state index contributed by atoms with van der Waals surface area (Å²) in [5.41, 5.74) is 0.477. The fourth-order valence-corrected chi connectivity index (χ4v) is 3.84. The quantitative estimate of drug-likeness (QED) is 0.825. The van der Waals surface area contributed by atoms with Crippen molar-refractivity contribution in [2.24, 2.45) is 0 Å². The third kappa shape index (κ3) is 3.69. The molecule has 0 fully saturated rings. The largest absolute Gasteiger partial charge is 0.497 e. The van der Waals surface area contributed by atoms with Gasteiger partial charge in [-0.25, -0.2) is 8.42 Å². The summed E-state index contributed by atoms with van der Waals surface area (Å²) in [6, 6.07) is 4.59. The first-order valence-electron chi connectivity index (χ1n) is 6.07. The molecule has 0 radical (unpaired) electrons. The number of aliphatic hydroxyl groups excluding tert-OH is 1. The lowest BCUT2D eigenvalue weighted by Crippen LogP contribution is -2.15. The summed E-state index contributed by atoms with van der Waals surface area (Å²) in [5.74, 6) is 0.532. The number of hydrogen-bond acceptors (Lipinski definition) is 7. The summed E-state index contributed by atoms with van der Waals surface area (Å²) >= 11 is 1.15. The van der Waals surface area contributed by atoms with Crippen molar-refractivity contribution in [2.75, 3.05) is 18.4 Å². The van der Waals surface area contributed by atoms with Crippen molar-refractivity contribution in [2.45, 2.75) is 18.2 Å². The minimum atomic E-state index is -3.79. The second-order valence-corrected chi connectivity index (χ2v) is 7.01. The Balaban J connectivity index is 2.38. The van der Waals surface area contributed by atoms with Crippen LogP contribution < -0.4 is 9.46 Å². The standard InChI is InChI=1S/C12H15N3O4S2/c1-8-13-14-12(20-8)15-21(17,18)11-4-3-10(19-2)7-9(11)5-6-16/h3-4,7,16H,5-6H2,1-2H3,(H,14,15). The Morgan fingerprint density at radius 3 is 2.71 bits per heavy atom. The summed E-state index contributed by atoms with van der Waals surface area (Å²) in [4.78, 5) is 0.0882. The highest BCUT2D eigenvalue weighted by atomic mass is 32.2. The van der Waals surface area contributed by atoms with Crippen molar-refractivity contribution in [1.29, 1.82) is 0 Å². The van der Waals surface area contributed by atoms with Crippen molar-refractivity contribution in [3.8, 4) is 5.75 Å². The smallest absolute Gasteiger partial charge is 0.263 e. The van der Waals surface area contributed by atoms with Gasteiger partial charge in [-0.3, -0.25) is 4.72 Å². The highest BCUT2D eigenvalue weighted by Crippen LogP contribution is 2.25. The number of aryl methyl sites for hydroxylation is 1. The van der Waals surface area contributed by atoms with Gasteiger partial charge in [0.15, 0.2) is 0 Å². The molecule has 1 aromatic heterocycles. The van der Waals surface area contributed by atoms with E-state index < -0.39 is 10.0 Å². The molecule has 0 atom stereocenters. The van der Waals surface area contributed by atoms with Crippen molar-refractivity contribution < 1.29 is 18.3 Å². The first kappa shape index (κ1) is 15.7. The number of benzene rings is 1. The Hall–Kier alpha value is -1.71. The normalized spacial score (nSPS) is 11.4. The Bertz CT molecular complexity index is 728. The lowest BCUT2D eigenvalue weighted by Gasteiger charge is -2.11. The molecule has 114 valence electrons. The molecule has 9 heteroatoms. The Labute approximate surface area is 126 Å². The Morgan fingerprint density at radius 1 is 1.38 bits per heavy atom. The van der Waals surface area contributed by atoms with Crippen LogP contribution in [0.25, 0.3) is 0 Å². The van der Waals surface area contributed by atoms with Crippen LogP contribution in [0.3, 0.4) is 0 Å². The summed E-state index contributed by atoms with van der Waals surface area (Å²) in [7, 11) is -2.29. The number of rotatable bonds is 6. The number of nitrogens with one attached hydrogen (secondary N) is 1. The summed E-state index contributed by atoms with van der Waals surface area (Å²) in [6.45, 7) is 1.58. The number of ether oxygens (including phenoxy) is 1. The van der Waals surface area contributed by atoms with Crippen molar-refractivity contribution in [3.63, 3.8) is 0 Å². The molecule has 1 aromatic carbocycles. The van der Waals surface area contributed by atoms with E-state index in [-0.39, 0.29) is 23.1 Å². The molecule has 2 N–H and O–H groups in total. The number of methoxy groups -OCH3 is 1. The number of sulfonamides is 1. The topological polar surface area (TPSA) is 101 Å². The summed E-state index contributed by atoms with van der Waals surface area (Å²) < 4.78 is 32.3. The van der Waals surface area contributed by atoms with E-state index in [1.807, 2.05) is 0 Å². The number of aliphatic hydroxyl groups is 1. The van der Waals surface area contributed by atoms with Crippen LogP contribution in [0.15, 0.2) is 23.1 Å². The molecule has 0 bridgehead atoms. The average Bonchev–Trinajstić information content (AvgIpc) is 2.83. The molecule has 0 aliphatic rings. The number of aromatic nitrogens is 2. The molecule has 2 rings (SSSR count). The monoisotopic (exact) mass is 329 g/mol. The fourth-order valence-electron chi connectivity index (χ4n) is 1.77. The molecule has 7 nitrogen and oxygen atoms in total. The molecular formula is C12H15N3O4S2. The van der Waals surface area contributed by atoms with E-state index in [1.54, 1.807) is 19.1 Å². The molecule has 0 spiro atoms. The van der Waals surface area contributed by atoms with Gasteiger partial charge in [0.25, 0.3) is 10.0 Å². The van der Waals surface area contributed by atoms with Crippen molar-refractivity contribution in [1.82, 2.24) is 10.2 Å². The minimum absolute atomic E-state index is 0.0882. The third-order valence-electron chi connectivity index (χ3n) is 2.69. The van der Waals surface area contributed by atoms with E-state index in [9.17, 15) is 8.42 Å². The highest BCUT2D eigenvalue weighted by molar-refractivity contribution is 7.93.